The average Bonchev–Trinajstić information content (AvgIpc) is 3.04. The van der Waals surface area contributed by atoms with E-state index in [1.54, 1.807) is 0 Å². The summed E-state index contributed by atoms with van der Waals surface area (Å²) >= 11 is 0. The molecule has 2 aromatic heterocycles. The number of benzene rings is 2. The largest absolute Gasteiger partial charge is 0.456 e. The van der Waals surface area contributed by atoms with Crippen LogP contribution in [0.25, 0.3) is 33.3 Å². The van der Waals surface area contributed by atoms with Gasteiger partial charge >= 0.3 is 0 Å². The topological polar surface area (TPSA) is 52.1 Å². The zero-order valence-electron chi connectivity index (χ0n) is 9.33. The smallest absolute Gasteiger partial charge is 0.135 e. The van der Waals surface area contributed by atoms with Crippen molar-refractivity contribution in [3.05, 3.63) is 48.5 Å². The second kappa shape index (κ2) is 3.43. The third kappa shape index (κ3) is 1.32. The molecule has 0 N–H and O–H groups in total. The van der Waals surface area contributed by atoms with Crippen LogP contribution in [0.15, 0.2) is 57.6 Å². The predicted octanol–water partition coefficient (Wildman–Crippen LogP) is 3.64. The zero-order valence-corrected chi connectivity index (χ0v) is 9.33. The summed E-state index contributed by atoms with van der Waals surface area (Å²) in [5.41, 5.74) is 3.32. The van der Waals surface area contributed by atoms with Gasteiger partial charge in [0, 0.05) is 10.9 Å². The Labute approximate surface area is 102 Å². The van der Waals surface area contributed by atoms with Crippen molar-refractivity contribution in [2.24, 2.45) is 0 Å². The van der Waals surface area contributed by atoms with E-state index in [0.717, 1.165) is 33.3 Å². The van der Waals surface area contributed by atoms with Crippen molar-refractivity contribution >= 4 is 22.0 Å². The van der Waals surface area contributed by atoms with Gasteiger partial charge in [-0.3, -0.25) is 0 Å². The SMILES string of the molecule is c1ccc2oc(-c3ccc4nonc4c3)cc2c1. The predicted molar refractivity (Wildman–Crippen MR) is 67.0 cm³/mol. The van der Waals surface area contributed by atoms with Crippen molar-refractivity contribution in [3.8, 4) is 11.3 Å². The summed E-state index contributed by atoms with van der Waals surface area (Å²) in [6.07, 6.45) is 0. The molecule has 0 saturated heterocycles. The molecule has 4 heteroatoms. The molecule has 0 fully saturated rings. The van der Waals surface area contributed by atoms with Crippen molar-refractivity contribution in [1.29, 1.82) is 0 Å². The minimum Gasteiger partial charge on any atom is -0.456 e. The van der Waals surface area contributed by atoms with Gasteiger partial charge in [0.1, 0.15) is 22.4 Å². The number of furan rings is 1. The molecule has 0 unspecified atom stereocenters. The van der Waals surface area contributed by atoms with Crippen LogP contribution in [0.3, 0.4) is 0 Å². The summed E-state index contributed by atoms with van der Waals surface area (Å²) in [4.78, 5) is 0. The molecular weight excluding hydrogens is 228 g/mol. The van der Waals surface area contributed by atoms with Crippen molar-refractivity contribution in [3.63, 3.8) is 0 Å². The average molecular weight is 236 g/mol. The summed E-state index contributed by atoms with van der Waals surface area (Å²) in [5, 5.41) is 8.70. The highest BCUT2D eigenvalue weighted by Crippen LogP contribution is 2.28. The second-order valence-corrected chi connectivity index (χ2v) is 4.12. The fourth-order valence-electron chi connectivity index (χ4n) is 2.06. The lowest BCUT2D eigenvalue weighted by Gasteiger charge is -1.94. The van der Waals surface area contributed by atoms with Gasteiger partial charge in [0.05, 0.1) is 0 Å². The molecule has 0 spiro atoms. The van der Waals surface area contributed by atoms with Crippen molar-refractivity contribution < 1.29 is 9.05 Å². The van der Waals surface area contributed by atoms with Crippen molar-refractivity contribution in [2.45, 2.75) is 0 Å². The molecule has 4 nitrogen and oxygen atoms in total. The maximum absolute atomic E-state index is 5.80. The molecule has 2 aromatic carbocycles. The molecule has 4 aromatic rings. The summed E-state index contributed by atoms with van der Waals surface area (Å²) < 4.78 is 10.5. The Hall–Kier alpha value is -2.62. The fourth-order valence-corrected chi connectivity index (χ4v) is 2.06. The van der Waals surface area contributed by atoms with E-state index in [2.05, 4.69) is 14.9 Å². The molecule has 0 saturated carbocycles. The van der Waals surface area contributed by atoms with E-state index >= 15 is 0 Å². The molecule has 0 aliphatic rings. The van der Waals surface area contributed by atoms with E-state index in [-0.39, 0.29) is 0 Å². The van der Waals surface area contributed by atoms with Crippen LogP contribution in [0.2, 0.25) is 0 Å². The standard InChI is InChI=1S/C14H8N2O2/c1-2-4-13-9(3-1)8-14(17-13)10-5-6-11-12(7-10)16-18-15-11/h1-8H. The van der Waals surface area contributed by atoms with Crippen molar-refractivity contribution in [2.75, 3.05) is 0 Å². The molecule has 18 heavy (non-hydrogen) atoms. The third-order valence-corrected chi connectivity index (χ3v) is 2.96. The van der Waals surface area contributed by atoms with E-state index in [0.29, 0.717) is 0 Å². The number of nitrogens with zero attached hydrogens (tertiary/aromatic N) is 2. The van der Waals surface area contributed by atoms with Gasteiger partial charge in [-0.05, 0) is 40.6 Å². The first kappa shape index (κ1) is 9.41. The molecule has 2 heterocycles. The van der Waals surface area contributed by atoms with E-state index in [9.17, 15) is 0 Å². The molecule has 0 radical (unpaired) electrons. The number of rotatable bonds is 1. The van der Waals surface area contributed by atoms with Gasteiger partial charge in [-0.25, -0.2) is 4.63 Å². The second-order valence-electron chi connectivity index (χ2n) is 4.12. The van der Waals surface area contributed by atoms with Crippen LogP contribution in [0, 0.1) is 0 Å². The molecule has 0 atom stereocenters. The van der Waals surface area contributed by atoms with Crippen molar-refractivity contribution in [1.82, 2.24) is 10.3 Å². The van der Waals surface area contributed by atoms with Crippen LogP contribution >= 0.6 is 0 Å². The Balaban J connectivity index is 1.94. The number of para-hydroxylation sites is 1. The van der Waals surface area contributed by atoms with E-state index in [1.807, 2.05) is 48.5 Å². The molecular formula is C14H8N2O2. The Morgan fingerprint density at radius 3 is 2.67 bits per heavy atom. The summed E-state index contributed by atoms with van der Waals surface area (Å²) in [5.74, 6) is 0.820. The Bertz CT molecular complexity index is 812. The lowest BCUT2D eigenvalue weighted by Crippen LogP contribution is -1.74. The first-order valence-electron chi connectivity index (χ1n) is 5.61. The van der Waals surface area contributed by atoms with Gasteiger partial charge in [0.25, 0.3) is 0 Å². The van der Waals surface area contributed by atoms with Gasteiger partial charge in [0.2, 0.25) is 0 Å². The van der Waals surface area contributed by atoms with Crippen LogP contribution < -0.4 is 0 Å². The van der Waals surface area contributed by atoms with Crippen LogP contribution in [-0.2, 0) is 0 Å². The van der Waals surface area contributed by atoms with Gasteiger partial charge in [-0.1, -0.05) is 18.2 Å². The first-order chi connectivity index (χ1) is 8.90. The number of fused-ring (bicyclic) bond motifs is 2. The minimum absolute atomic E-state index is 0.730. The van der Waals surface area contributed by atoms with Crippen LogP contribution in [-0.4, -0.2) is 10.3 Å². The fraction of sp³-hybridized carbons (Fsp3) is 0. The third-order valence-electron chi connectivity index (χ3n) is 2.96. The van der Waals surface area contributed by atoms with E-state index in [1.165, 1.54) is 0 Å². The molecule has 4 rings (SSSR count). The highest BCUT2D eigenvalue weighted by Gasteiger charge is 2.08. The van der Waals surface area contributed by atoms with Gasteiger partial charge in [0.15, 0.2) is 0 Å². The van der Waals surface area contributed by atoms with Gasteiger partial charge < -0.3 is 4.42 Å². The number of aromatic nitrogens is 2. The molecule has 0 bridgehead atoms. The Morgan fingerprint density at radius 2 is 1.72 bits per heavy atom. The Kier molecular flexibility index (Phi) is 1.80. The highest BCUT2D eigenvalue weighted by atomic mass is 16.6. The highest BCUT2D eigenvalue weighted by molar-refractivity contribution is 5.85. The molecule has 86 valence electrons. The summed E-state index contributed by atoms with van der Waals surface area (Å²) in [7, 11) is 0. The van der Waals surface area contributed by atoms with Crippen LogP contribution in [0.1, 0.15) is 0 Å². The minimum atomic E-state index is 0.730. The maximum atomic E-state index is 5.80. The zero-order chi connectivity index (χ0) is 11.9. The Morgan fingerprint density at radius 1 is 0.833 bits per heavy atom. The lowest BCUT2D eigenvalue weighted by atomic mass is 10.1. The van der Waals surface area contributed by atoms with Crippen LogP contribution in [0.5, 0.6) is 0 Å². The quantitative estimate of drug-likeness (QED) is 0.506. The first-order valence-corrected chi connectivity index (χ1v) is 5.61. The number of hydrogen-bond acceptors (Lipinski definition) is 4. The van der Waals surface area contributed by atoms with E-state index < -0.39 is 0 Å². The van der Waals surface area contributed by atoms with Crippen LogP contribution in [0.4, 0.5) is 0 Å². The number of hydrogen-bond donors (Lipinski definition) is 0. The molecule has 0 aliphatic carbocycles. The van der Waals surface area contributed by atoms with Gasteiger partial charge in [-0.2, -0.15) is 0 Å². The van der Waals surface area contributed by atoms with E-state index in [4.69, 9.17) is 4.42 Å². The maximum Gasteiger partial charge on any atom is 0.135 e. The lowest BCUT2D eigenvalue weighted by molar-refractivity contribution is 0.315. The summed E-state index contributed by atoms with van der Waals surface area (Å²) in [6.45, 7) is 0. The summed E-state index contributed by atoms with van der Waals surface area (Å²) in [6, 6.07) is 15.7. The molecule has 0 amide bonds. The molecule has 0 aliphatic heterocycles. The monoisotopic (exact) mass is 236 g/mol. The normalized spacial score (nSPS) is 11.3. The van der Waals surface area contributed by atoms with Gasteiger partial charge in [-0.15, -0.1) is 0 Å².